The monoisotopic (exact) mass is 422 g/mol. The maximum Gasteiger partial charge on any atom is 0.227 e. The maximum atomic E-state index is 13.2. The van der Waals surface area contributed by atoms with Gasteiger partial charge in [-0.1, -0.05) is 24.3 Å². The van der Waals surface area contributed by atoms with Gasteiger partial charge >= 0.3 is 0 Å². The van der Waals surface area contributed by atoms with Gasteiger partial charge in [-0.25, -0.2) is 0 Å². The van der Waals surface area contributed by atoms with E-state index in [2.05, 4.69) is 16.7 Å². The number of aliphatic imine (C=N–C) groups is 1. The predicted molar refractivity (Wildman–Crippen MR) is 123 cm³/mol. The highest BCUT2D eigenvalue weighted by molar-refractivity contribution is 6.10. The number of anilines is 2. The zero-order chi connectivity index (χ0) is 21.7. The molecule has 1 fully saturated rings. The van der Waals surface area contributed by atoms with Gasteiger partial charge in [0.25, 0.3) is 0 Å². The van der Waals surface area contributed by atoms with Gasteiger partial charge in [0.05, 0.1) is 44.6 Å². The first-order valence-corrected chi connectivity index (χ1v) is 10.7. The second-order valence-corrected chi connectivity index (χ2v) is 8.05. The van der Waals surface area contributed by atoms with Crippen LogP contribution in [0, 0.1) is 0 Å². The lowest BCUT2D eigenvalue weighted by Gasteiger charge is -2.47. The van der Waals surface area contributed by atoms with E-state index in [1.165, 1.54) is 0 Å². The van der Waals surface area contributed by atoms with E-state index in [4.69, 9.17) is 14.5 Å². The van der Waals surface area contributed by atoms with Crippen LogP contribution in [-0.4, -0.2) is 62.6 Å². The first-order chi connectivity index (χ1) is 15.1. The Balaban J connectivity index is 1.56. The van der Waals surface area contributed by atoms with Crippen molar-refractivity contribution in [3.63, 3.8) is 0 Å². The van der Waals surface area contributed by atoms with Crippen molar-refractivity contribution in [1.82, 2.24) is 4.90 Å². The van der Waals surface area contributed by atoms with E-state index in [0.717, 1.165) is 47.9 Å². The molecule has 1 atom stereocenters. The van der Waals surface area contributed by atoms with E-state index in [1.807, 2.05) is 47.4 Å². The topological polar surface area (TPSA) is 75.2 Å². The van der Waals surface area contributed by atoms with Crippen molar-refractivity contribution >= 4 is 23.1 Å². The minimum Gasteiger partial charge on any atom is -0.497 e. The molecule has 2 aromatic rings. The van der Waals surface area contributed by atoms with Gasteiger partial charge in [-0.2, -0.15) is 0 Å². The number of piperidine rings is 1. The van der Waals surface area contributed by atoms with Crippen molar-refractivity contribution in [2.75, 3.05) is 51.1 Å². The smallest absolute Gasteiger partial charge is 0.227 e. The van der Waals surface area contributed by atoms with Crippen LogP contribution < -0.4 is 15.4 Å². The van der Waals surface area contributed by atoms with Crippen LogP contribution in [0.15, 0.2) is 53.5 Å². The SMILES string of the molecule is COCCN=C1Nc2ccccc2N[C@@]12CCCN(C(=O)Cc1cccc(OC)c1)C2. The van der Waals surface area contributed by atoms with E-state index in [0.29, 0.717) is 26.1 Å². The summed E-state index contributed by atoms with van der Waals surface area (Å²) in [5.74, 6) is 1.76. The van der Waals surface area contributed by atoms with Crippen molar-refractivity contribution < 1.29 is 14.3 Å². The summed E-state index contributed by atoms with van der Waals surface area (Å²) in [6.45, 7) is 2.45. The minimum absolute atomic E-state index is 0.115. The van der Waals surface area contributed by atoms with E-state index < -0.39 is 5.54 Å². The number of benzene rings is 2. The van der Waals surface area contributed by atoms with Crippen LogP contribution in [0.2, 0.25) is 0 Å². The Morgan fingerprint density at radius 1 is 1.16 bits per heavy atom. The Kier molecular flexibility index (Phi) is 6.42. The molecule has 2 aliphatic rings. The molecule has 0 aliphatic carbocycles. The number of methoxy groups -OCH3 is 2. The molecule has 2 heterocycles. The molecule has 7 heteroatoms. The van der Waals surface area contributed by atoms with Crippen LogP contribution in [0.1, 0.15) is 18.4 Å². The summed E-state index contributed by atoms with van der Waals surface area (Å²) in [5.41, 5.74) is 2.57. The molecule has 0 unspecified atom stereocenters. The highest BCUT2D eigenvalue weighted by atomic mass is 16.5. The van der Waals surface area contributed by atoms with Crippen molar-refractivity contribution in [2.24, 2.45) is 4.99 Å². The average Bonchev–Trinajstić information content (AvgIpc) is 2.80. The lowest BCUT2D eigenvalue weighted by molar-refractivity contribution is -0.131. The van der Waals surface area contributed by atoms with Gasteiger partial charge < -0.3 is 25.0 Å². The fourth-order valence-electron chi connectivity index (χ4n) is 4.34. The van der Waals surface area contributed by atoms with E-state index >= 15 is 0 Å². The van der Waals surface area contributed by atoms with Crippen molar-refractivity contribution in [2.45, 2.75) is 24.8 Å². The molecule has 31 heavy (non-hydrogen) atoms. The number of amidine groups is 1. The lowest BCUT2D eigenvalue weighted by atomic mass is 9.85. The van der Waals surface area contributed by atoms with Crippen LogP contribution in [0.4, 0.5) is 11.4 Å². The zero-order valence-electron chi connectivity index (χ0n) is 18.2. The fourth-order valence-corrected chi connectivity index (χ4v) is 4.34. The Labute approximate surface area is 183 Å². The second kappa shape index (κ2) is 9.39. The molecule has 0 saturated carbocycles. The van der Waals surface area contributed by atoms with Crippen LogP contribution in [0.5, 0.6) is 5.75 Å². The number of ether oxygens (including phenoxy) is 2. The molecule has 1 saturated heterocycles. The minimum atomic E-state index is -0.426. The maximum absolute atomic E-state index is 13.2. The van der Waals surface area contributed by atoms with Gasteiger partial charge in [0, 0.05) is 13.7 Å². The molecule has 2 aliphatic heterocycles. The van der Waals surface area contributed by atoms with Gasteiger partial charge in [-0.3, -0.25) is 9.79 Å². The second-order valence-electron chi connectivity index (χ2n) is 8.05. The molecule has 164 valence electrons. The number of rotatable bonds is 6. The van der Waals surface area contributed by atoms with E-state index in [1.54, 1.807) is 14.2 Å². The number of carbonyl (C=O) groups excluding carboxylic acids is 1. The third-order valence-corrected chi connectivity index (χ3v) is 5.91. The zero-order valence-corrected chi connectivity index (χ0v) is 18.2. The van der Waals surface area contributed by atoms with Crippen molar-refractivity contribution in [1.29, 1.82) is 0 Å². The van der Waals surface area contributed by atoms with Gasteiger partial charge in [-0.15, -0.1) is 0 Å². The Hall–Kier alpha value is -3.06. The molecule has 0 bridgehead atoms. The molecular formula is C24H30N4O3. The quantitative estimate of drug-likeness (QED) is 0.700. The number of amides is 1. The molecule has 1 amide bonds. The molecule has 2 N–H and O–H groups in total. The van der Waals surface area contributed by atoms with Crippen molar-refractivity contribution in [3.05, 3.63) is 54.1 Å². The summed E-state index contributed by atoms with van der Waals surface area (Å²) < 4.78 is 10.5. The summed E-state index contributed by atoms with van der Waals surface area (Å²) in [7, 11) is 3.32. The van der Waals surface area contributed by atoms with Gasteiger partial charge in [0.2, 0.25) is 5.91 Å². The van der Waals surface area contributed by atoms with E-state index in [9.17, 15) is 4.79 Å². The van der Waals surface area contributed by atoms with Gasteiger partial charge in [0.1, 0.15) is 17.1 Å². The van der Waals surface area contributed by atoms with Gasteiger partial charge in [0.15, 0.2) is 0 Å². The number of likely N-dealkylation sites (tertiary alicyclic amines) is 1. The molecule has 0 radical (unpaired) electrons. The summed E-state index contributed by atoms with van der Waals surface area (Å²) in [5, 5.41) is 7.23. The Morgan fingerprint density at radius 3 is 2.81 bits per heavy atom. The highest BCUT2D eigenvalue weighted by Gasteiger charge is 2.44. The van der Waals surface area contributed by atoms with Crippen LogP contribution in [0.3, 0.4) is 0 Å². The summed E-state index contributed by atoms with van der Waals surface area (Å²) in [6, 6.07) is 15.8. The predicted octanol–water partition coefficient (Wildman–Crippen LogP) is 3.18. The molecule has 2 aromatic carbocycles. The molecule has 1 spiro atoms. The number of fused-ring (bicyclic) bond motifs is 1. The number of carbonyl (C=O) groups is 1. The highest BCUT2D eigenvalue weighted by Crippen LogP contribution is 2.36. The lowest BCUT2D eigenvalue weighted by Crippen LogP contribution is -2.62. The normalized spacial score (nSPS) is 21.4. The third-order valence-electron chi connectivity index (χ3n) is 5.91. The van der Waals surface area contributed by atoms with Gasteiger partial charge in [-0.05, 0) is 42.7 Å². The van der Waals surface area contributed by atoms with Crippen LogP contribution >= 0.6 is 0 Å². The molecule has 0 aromatic heterocycles. The van der Waals surface area contributed by atoms with Crippen LogP contribution in [-0.2, 0) is 16.0 Å². The third kappa shape index (κ3) is 4.66. The average molecular weight is 423 g/mol. The van der Waals surface area contributed by atoms with E-state index in [-0.39, 0.29) is 5.91 Å². The van der Waals surface area contributed by atoms with Crippen molar-refractivity contribution in [3.8, 4) is 5.75 Å². The summed E-state index contributed by atoms with van der Waals surface area (Å²) >= 11 is 0. The first-order valence-electron chi connectivity index (χ1n) is 10.7. The first kappa shape index (κ1) is 21.2. The number of nitrogens with zero attached hydrogens (tertiary/aromatic N) is 2. The molecule has 7 nitrogen and oxygen atoms in total. The summed E-state index contributed by atoms with van der Waals surface area (Å²) in [6.07, 6.45) is 2.17. The Morgan fingerprint density at radius 2 is 2.00 bits per heavy atom. The number of nitrogens with one attached hydrogen (secondary N) is 2. The standard InChI is InChI=1S/C24H30N4O3/c1-30-14-12-25-23-24(27-21-10-4-3-9-20(21)26-23)11-6-13-28(17-24)22(29)16-18-7-5-8-19(15-18)31-2/h3-5,7-10,15,27H,6,11-14,16-17H2,1-2H3,(H,25,26)/t24-/m1/s1. The number of hydrogen-bond acceptors (Lipinski definition) is 5. The summed E-state index contributed by atoms with van der Waals surface area (Å²) in [4.78, 5) is 20.0. The fraction of sp³-hybridized carbons (Fsp3) is 0.417. The molecule has 4 rings (SSSR count). The largest absolute Gasteiger partial charge is 0.497 e. The Bertz CT molecular complexity index is 961. The number of hydrogen-bond donors (Lipinski definition) is 2. The number of para-hydroxylation sites is 2. The molecular weight excluding hydrogens is 392 g/mol. The van der Waals surface area contributed by atoms with Crippen LogP contribution in [0.25, 0.3) is 0 Å².